The van der Waals surface area contributed by atoms with Crippen LogP contribution in [-0.2, 0) is 16.0 Å². The normalized spacial score (nSPS) is 11.6. The van der Waals surface area contributed by atoms with Gasteiger partial charge in [0.2, 0.25) is 5.78 Å². The topological polar surface area (TPSA) is 61.8 Å². The van der Waals surface area contributed by atoms with Gasteiger partial charge in [-0.2, -0.15) is 0 Å². The minimum atomic E-state index is -0.816. The lowest BCUT2D eigenvalue weighted by Crippen LogP contribution is -2.25. The van der Waals surface area contributed by atoms with Crippen molar-refractivity contribution in [1.82, 2.24) is 0 Å². The fourth-order valence-electron chi connectivity index (χ4n) is 2.81. The van der Waals surface area contributed by atoms with Gasteiger partial charge in [-0.25, -0.2) is 0 Å². The van der Waals surface area contributed by atoms with Gasteiger partial charge in [-0.15, -0.1) is 0 Å². The molecule has 0 aromatic heterocycles. The first-order valence-electron chi connectivity index (χ1n) is 8.87. The van der Waals surface area contributed by atoms with Crippen LogP contribution in [0, 0.1) is 13.8 Å². The highest BCUT2D eigenvalue weighted by molar-refractivity contribution is 6.01. The van der Waals surface area contributed by atoms with Crippen molar-refractivity contribution in [1.29, 1.82) is 0 Å². The number of carbonyl (C=O) groups is 2. The first-order chi connectivity index (χ1) is 12.8. The number of hydrogen-bond donors (Lipinski definition) is 0. The number of esters is 1. The molecule has 0 unspecified atom stereocenters. The third-order valence-corrected chi connectivity index (χ3v) is 4.40. The van der Waals surface area contributed by atoms with Crippen LogP contribution < -0.4 is 9.47 Å². The van der Waals surface area contributed by atoms with E-state index < -0.39 is 12.1 Å². The molecule has 5 nitrogen and oxygen atoms in total. The Hall–Kier alpha value is -2.82. The largest absolute Gasteiger partial charge is 0.493 e. The summed E-state index contributed by atoms with van der Waals surface area (Å²) in [6.07, 6.45) is -0.146. The molecule has 0 spiro atoms. The summed E-state index contributed by atoms with van der Waals surface area (Å²) in [5.41, 5.74) is 3.39. The first kappa shape index (κ1) is 20.5. The summed E-state index contributed by atoms with van der Waals surface area (Å²) < 4.78 is 15.8. The van der Waals surface area contributed by atoms with Crippen molar-refractivity contribution in [2.45, 2.75) is 39.7 Å². The van der Waals surface area contributed by atoms with Gasteiger partial charge in [-0.05, 0) is 56.5 Å². The Morgan fingerprint density at radius 3 is 2.33 bits per heavy atom. The highest BCUT2D eigenvalue weighted by Gasteiger charge is 2.21. The van der Waals surface area contributed by atoms with E-state index >= 15 is 0 Å². The molecule has 0 aliphatic rings. The van der Waals surface area contributed by atoms with Crippen LogP contribution in [0.2, 0.25) is 0 Å². The van der Waals surface area contributed by atoms with E-state index in [4.69, 9.17) is 14.2 Å². The fourth-order valence-corrected chi connectivity index (χ4v) is 2.81. The molecular formula is C22H26O5. The molecule has 0 amide bonds. The van der Waals surface area contributed by atoms with Crippen LogP contribution in [0.25, 0.3) is 0 Å². The summed E-state index contributed by atoms with van der Waals surface area (Å²) >= 11 is 0. The molecule has 0 aliphatic carbocycles. The second kappa shape index (κ2) is 9.21. The number of hydrogen-bond acceptors (Lipinski definition) is 5. The Morgan fingerprint density at radius 1 is 0.963 bits per heavy atom. The standard InChI is InChI=1S/C22H26O5/c1-14-6-7-15(2)18(12-14)22(24)16(3)27-21(23)11-9-17-8-10-19(25-4)20(13-17)26-5/h6-8,10,12-13,16H,9,11H2,1-5H3/t16-/m0/s1. The average molecular weight is 370 g/mol. The number of ether oxygens (including phenoxy) is 3. The predicted molar refractivity (Wildman–Crippen MR) is 104 cm³/mol. The first-order valence-corrected chi connectivity index (χ1v) is 8.87. The van der Waals surface area contributed by atoms with Crippen LogP contribution >= 0.6 is 0 Å². The number of rotatable bonds is 8. The minimum Gasteiger partial charge on any atom is -0.493 e. The summed E-state index contributed by atoms with van der Waals surface area (Å²) in [5, 5.41) is 0. The van der Waals surface area contributed by atoms with Crippen LogP contribution in [0.5, 0.6) is 11.5 Å². The number of methoxy groups -OCH3 is 2. The molecule has 1 atom stereocenters. The van der Waals surface area contributed by atoms with Gasteiger partial charge < -0.3 is 14.2 Å². The lowest BCUT2D eigenvalue weighted by atomic mass is 9.99. The molecule has 27 heavy (non-hydrogen) atoms. The molecule has 2 rings (SSSR count). The van der Waals surface area contributed by atoms with E-state index in [0.717, 1.165) is 16.7 Å². The minimum absolute atomic E-state index is 0.180. The summed E-state index contributed by atoms with van der Waals surface area (Å²) in [6, 6.07) is 11.2. The van der Waals surface area contributed by atoms with Crippen molar-refractivity contribution in [3.63, 3.8) is 0 Å². The highest BCUT2D eigenvalue weighted by Crippen LogP contribution is 2.28. The molecule has 0 saturated carbocycles. The van der Waals surface area contributed by atoms with Gasteiger partial charge in [0, 0.05) is 12.0 Å². The van der Waals surface area contributed by atoms with Gasteiger partial charge in [0.15, 0.2) is 17.6 Å². The Balaban J connectivity index is 1.95. The molecule has 0 N–H and O–H groups in total. The van der Waals surface area contributed by atoms with E-state index in [1.807, 2.05) is 44.2 Å². The molecule has 0 heterocycles. The molecule has 2 aromatic carbocycles. The zero-order chi connectivity index (χ0) is 20.0. The van der Waals surface area contributed by atoms with E-state index in [2.05, 4.69) is 0 Å². The van der Waals surface area contributed by atoms with Crippen molar-refractivity contribution in [3.05, 3.63) is 58.7 Å². The van der Waals surface area contributed by atoms with E-state index in [9.17, 15) is 9.59 Å². The van der Waals surface area contributed by atoms with Crippen molar-refractivity contribution in [2.24, 2.45) is 0 Å². The summed E-state index contributed by atoms with van der Waals surface area (Å²) in [6.45, 7) is 5.41. The van der Waals surface area contributed by atoms with Gasteiger partial charge in [-0.3, -0.25) is 9.59 Å². The van der Waals surface area contributed by atoms with Crippen molar-refractivity contribution in [2.75, 3.05) is 14.2 Å². The third-order valence-electron chi connectivity index (χ3n) is 4.40. The van der Waals surface area contributed by atoms with Crippen molar-refractivity contribution in [3.8, 4) is 11.5 Å². The monoisotopic (exact) mass is 370 g/mol. The molecule has 0 fully saturated rings. The number of benzene rings is 2. The number of Topliss-reactive ketones (excluding diaryl/α,β-unsaturated/α-hetero) is 1. The van der Waals surface area contributed by atoms with Gasteiger partial charge in [-0.1, -0.05) is 23.8 Å². The molecular weight excluding hydrogens is 344 g/mol. The maximum absolute atomic E-state index is 12.6. The Labute approximate surface area is 160 Å². The molecule has 144 valence electrons. The van der Waals surface area contributed by atoms with Crippen molar-refractivity contribution < 1.29 is 23.8 Å². The van der Waals surface area contributed by atoms with Gasteiger partial charge in [0.25, 0.3) is 0 Å². The van der Waals surface area contributed by atoms with Crippen LogP contribution in [-0.4, -0.2) is 32.1 Å². The highest BCUT2D eigenvalue weighted by atomic mass is 16.5. The third kappa shape index (κ3) is 5.33. The SMILES string of the molecule is COc1ccc(CCC(=O)O[C@@H](C)C(=O)c2cc(C)ccc2C)cc1OC. The molecule has 2 aromatic rings. The van der Waals surface area contributed by atoms with Gasteiger partial charge in [0.05, 0.1) is 14.2 Å². The number of carbonyl (C=O) groups excluding carboxylic acids is 2. The van der Waals surface area contributed by atoms with Crippen LogP contribution in [0.1, 0.15) is 40.4 Å². The molecule has 0 saturated heterocycles. The van der Waals surface area contributed by atoms with E-state index in [-0.39, 0.29) is 12.2 Å². The van der Waals surface area contributed by atoms with Gasteiger partial charge in [0.1, 0.15) is 0 Å². The fraction of sp³-hybridized carbons (Fsp3) is 0.364. The lowest BCUT2D eigenvalue weighted by molar-refractivity contribution is -0.146. The zero-order valence-electron chi connectivity index (χ0n) is 16.5. The number of ketones is 1. The Morgan fingerprint density at radius 2 is 1.67 bits per heavy atom. The predicted octanol–water partition coefficient (Wildman–Crippen LogP) is 4.07. The zero-order valence-corrected chi connectivity index (χ0v) is 16.5. The number of aryl methyl sites for hydroxylation is 3. The molecule has 0 bridgehead atoms. The quantitative estimate of drug-likeness (QED) is 0.518. The maximum atomic E-state index is 12.6. The molecule has 0 radical (unpaired) electrons. The van der Waals surface area contributed by atoms with Gasteiger partial charge >= 0.3 is 5.97 Å². The van der Waals surface area contributed by atoms with Crippen LogP contribution in [0.15, 0.2) is 36.4 Å². The lowest BCUT2D eigenvalue weighted by Gasteiger charge is -2.14. The second-order valence-corrected chi connectivity index (χ2v) is 6.50. The van der Waals surface area contributed by atoms with E-state index in [1.165, 1.54) is 0 Å². The van der Waals surface area contributed by atoms with E-state index in [0.29, 0.717) is 23.5 Å². The van der Waals surface area contributed by atoms with Crippen LogP contribution in [0.4, 0.5) is 0 Å². The summed E-state index contributed by atoms with van der Waals surface area (Å²) in [4.78, 5) is 24.7. The summed E-state index contributed by atoms with van der Waals surface area (Å²) in [7, 11) is 3.14. The Bertz CT molecular complexity index is 825. The smallest absolute Gasteiger partial charge is 0.306 e. The Kier molecular flexibility index (Phi) is 6.99. The molecule has 0 aliphatic heterocycles. The summed E-state index contributed by atoms with van der Waals surface area (Å²) in [5.74, 6) is 0.657. The molecule has 5 heteroatoms. The average Bonchev–Trinajstić information content (AvgIpc) is 2.67. The second-order valence-electron chi connectivity index (χ2n) is 6.50. The van der Waals surface area contributed by atoms with Crippen LogP contribution in [0.3, 0.4) is 0 Å². The maximum Gasteiger partial charge on any atom is 0.306 e. The van der Waals surface area contributed by atoms with Crippen molar-refractivity contribution >= 4 is 11.8 Å². The van der Waals surface area contributed by atoms with E-state index in [1.54, 1.807) is 27.2 Å².